The van der Waals surface area contributed by atoms with Gasteiger partial charge in [0.15, 0.2) is 21.3 Å². The third kappa shape index (κ3) is 6.21. The van der Waals surface area contributed by atoms with Crippen molar-refractivity contribution in [3.8, 4) is 34.5 Å². The fraction of sp³-hybridized carbons (Fsp3) is 0.371. The summed E-state index contributed by atoms with van der Waals surface area (Å²) < 4.78 is 69.5. The van der Waals surface area contributed by atoms with Crippen LogP contribution in [0.2, 0.25) is 0 Å². The predicted molar refractivity (Wildman–Crippen MR) is 172 cm³/mol. The first kappa shape index (κ1) is 32.2. The molecule has 10 heteroatoms. The summed E-state index contributed by atoms with van der Waals surface area (Å²) in [7, 11) is 7.14. The molecule has 0 aliphatic heterocycles. The Morgan fingerprint density at radius 1 is 0.711 bits per heavy atom. The van der Waals surface area contributed by atoms with E-state index in [0.29, 0.717) is 64.0 Å². The Labute approximate surface area is 265 Å². The van der Waals surface area contributed by atoms with Gasteiger partial charge in [-0.05, 0) is 59.4 Å². The molecule has 45 heavy (non-hydrogen) atoms. The minimum Gasteiger partial charge on any atom is -0.497 e. The van der Waals surface area contributed by atoms with Crippen LogP contribution in [0.1, 0.15) is 45.4 Å². The van der Waals surface area contributed by atoms with Crippen molar-refractivity contribution in [1.82, 2.24) is 0 Å². The zero-order valence-electron chi connectivity index (χ0n) is 26.7. The molecule has 9 nitrogen and oxygen atoms in total. The van der Waals surface area contributed by atoms with Gasteiger partial charge in [0.05, 0.1) is 54.5 Å². The van der Waals surface area contributed by atoms with Gasteiger partial charge in [-0.2, -0.15) is 0 Å². The molecule has 0 fully saturated rings. The molecule has 0 amide bonds. The van der Waals surface area contributed by atoms with Crippen LogP contribution in [-0.4, -0.2) is 70.0 Å². The first-order valence-electron chi connectivity index (χ1n) is 14.6. The summed E-state index contributed by atoms with van der Waals surface area (Å²) in [6.45, 7) is 0. The summed E-state index contributed by atoms with van der Waals surface area (Å²) >= 11 is 0. The summed E-state index contributed by atoms with van der Waals surface area (Å²) in [6.07, 6.45) is 6.59. The van der Waals surface area contributed by atoms with Gasteiger partial charge in [-0.3, -0.25) is 0 Å². The van der Waals surface area contributed by atoms with Gasteiger partial charge in [0.25, 0.3) is 0 Å². The van der Waals surface area contributed by atoms with E-state index in [1.165, 1.54) is 0 Å². The van der Waals surface area contributed by atoms with E-state index in [1.54, 1.807) is 68.0 Å². The minimum atomic E-state index is -3.93. The van der Waals surface area contributed by atoms with Crippen molar-refractivity contribution in [3.05, 3.63) is 94.1 Å². The lowest BCUT2D eigenvalue weighted by molar-refractivity contribution is 0.142. The van der Waals surface area contributed by atoms with Gasteiger partial charge < -0.3 is 33.2 Å². The number of ether oxygens (including phenoxy) is 7. The van der Waals surface area contributed by atoms with E-state index in [0.717, 1.165) is 16.7 Å². The van der Waals surface area contributed by atoms with Crippen LogP contribution >= 0.6 is 0 Å². The number of hydrogen-bond donors (Lipinski definition) is 0. The first-order valence-corrected chi connectivity index (χ1v) is 16.3. The van der Waals surface area contributed by atoms with Crippen molar-refractivity contribution >= 4 is 9.84 Å². The fourth-order valence-corrected chi connectivity index (χ4v) is 8.41. The maximum atomic E-state index is 14.8. The van der Waals surface area contributed by atoms with E-state index >= 15 is 0 Å². The Balaban J connectivity index is 1.83. The molecule has 0 N–H and O–H groups in total. The van der Waals surface area contributed by atoms with E-state index < -0.39 is 15.1 Å². The molecule has 2 aliphatic rings. The van der Waals surface area contributed by atoms with Crippen LogP contribution in [0.5, 0.6) is 34.5 Å². The van der Waals surface area contributed by atoms with E-state index in [-0.39, 0.29) is 17.8 Å². The molecule has 0 heterocycles. The predicted octanol–water partition coefficient (Wildman–Crippen LogP) is 5.83. The summed E-state index contributed by atoms with van der Waals surface area (Å²) in [5.74, 6) is 2.61. The van der Waals surface area contributed by atoms with Crippen molar-refractivity contribution in [2.45, 2.75) is 30.1 Å². The molecule has 0 aromatic heterocycles. The van der Waals surface area contributed by atoms with Gasteiger partial charge in [-0.1, -0.05) is 24.3 Å². The van der Waals surface area contributed by atoms with Crippen LogP contribution in [0.3, 0.4) is 0 Å². The number of rotatable bonds is 11. The fourth-order valence-electron chi connectivity index (χ4n) is 6.36. The molecular weight excluding hydrogens is 596 g/mol. The smallest absolute Gasteiger partial charge is 0.165 e. The molecule has 0 saturated heterocycles. The highest BCUT2D eigenvalue weighted by Gasteiger charge is 2.42. The molecule has 3 atom stereocenters. The van der Waals surface area contributed by atoms with E-state index in [9.17, 15) is 8.42 Å². The molecule has 5 rings (SSSR count). The molecule has 3 aromatic carbocycles. The second kappa shape index (κ2) is 13.5. The van der Waals surface area contributed by atoms with Crippen LogP contribution in [0.25, 0.3) is 0 Å². The third-order valence-electron chi connectivity index (χ3n) is 8.55. The third-order valence-corrected chi connectivity index (χ3v) is 10.5. The number of benzene rings is 3. The second-order valence-electron chi connectivity index (χ2n) is 10.9. The lowest BCUT2D eigenvalue weighted by Crippen LogP contribution is -2.22. The Bertz CT molecular complexity index is 1730. The van der Waals surface area contributed by atoms with Crippen LogP contribution in [0.15, 0.2) is 66.3 Å². The SMILES string of the molecule is COc1cc2c(c(OC)c1)C(S(=O)(=O)CC1=CCC(OC)C=C1)c1cc(OC)cc(OC)c1[C@@H](c1ccc(OC)c(OC)c1)C2. The monoisotopic (exact) mass is 636 g/mol. The van der Waals surface area contributed by atoms with Gasteiger partial charge in [-0.15, -0.1) is 0 Å². The number of methoxy groups -OCH3 is 7. The Morgan fingerprint density at radius 3 is 1.93 bits per heavy atom. The van der Waals surface area contributed by atoms with Crippen LogP contribution in [-0.2, 0) is 21.0 Å². The zero-order valence-corrected chi connectivity index (χ0v) is 27.5. The Hall–Kier alpha value is -4.15. The highest BCUT2D eigenvalue weighted by Crippen LogP contribution is 2.53. The first-order chi connectivity index (χ1) is 21.7. The molecular formula is C35H40O9S. The highest BCUT2D eigenvalue weighted by atomic mass is 32.2. The van der Waals surface area contributed by atoms with Gasteiger partial charge in [-0.25, -0.2) is 8.42 Å². The quantitative estimate of drug-likeness (QED) is 0.257. The Morgan fingerprint density at radius 2 is 1.36 bits per heavy atom. The van der Waals surface area contributed by atoms with Gasteiger partial charge in [0.2, 0.25) is 0 Å². The lowest BCUT2D eigenvalue weighted by Gasteiger charge is -2.26. The van der Waals surface area contributed by atoms with Crippen molar-refractivity contribution in [1.29, 1.82) is 0 Å². The largest absolute Gasteiger partial charge is 0.497 e. The second-order valence-corrected chi connectivity index (χ2v) is 13.0. The summed E-state index contributed by atoms with van der Waals surface area (Å²) in [4.78, 5) is 0. The molecule has 2 aliphatic carbocycles. The molecule has 2 unspecified atom stereocenters. The summed E-state index contributed by atoms with van der Waals surface area (Å²) in [5, 5.41) is -1.10. The van der Waals surface area contributed by atoms with Crippen LogP contribution in [0.4, 0.5) is 0 Å². The molecule has 0 spiro atoms. The van der Waals surface area contributed by atoms with Gasteiger partial charge in [0, 0.05) is 36.3 Å². The summed E-state index contributed by atoms with van der Waals surface area (Å²) in [5.41, 5.74) is 4.24. The molecule has 3 aromatic rings. The van der Waals surface area contributed by atoms with Gasteiger partial charge in [0.1, 0.15) is 28.2 Å². The standard InChI is InChI=1S/C35H40O9S/c1-38-24-11-8-21(9-12-24)20-45(36,37)35-28-17-26(40-3)19-32(44-7)34(28)27(22-10-13-29(41-4)30(16-22)42-5)15-23-14-25(39-2)18-31(43-6)33(23)35/h8-11,13-14,16-19,24,27,35H,12,15,20H2,1-7H3/t24?,27-,35?/m1/s1. The van der Waals surface area contributed by atoms with Crippen molar-refractivity contribution in [2.24, 2.45) is 0 Å². The number of hydrogen-bond acceptors (Lipinski definition) is 9. The van der Waals surface area contributed by atoms with Crippen molar-refractivity contribution in [3.63, 3.8) is 0 Å². The Kier molecular flexibility index (Phi) is 9.65. The normalized spacial score (nSPS) is 19.0. The van der Waals surface area contributed by atoms with Crippen LogP contribution < -0.4 is 28.4 Å². The number of allylic oxidation sites excluding steroid dienone is 1. The van der Waals surface area contributed by atoms with Crippen molar-refractivity contribution in [2.75, 3.05) is 55.5 Å². The van der Waals surface area contributed by atoms with Gasteiger partial charge >= 0.3 is 0 Å². The maximum absolute atomic E-state index is 14.8. The van der Waals surface area contributed by atoms with E-state index in [1.807, 2.05) is 42.5 Å². The van der Waals surface area contributed by atoms with Crippen LogP contribution in [0, 0.1) is 0 Å². The number of fused-ring (bicyclic) bond motifs is 2. The molecule has 0 radical (unpaired) electrons. The van der Waals surface area contributed by atoms with E-state index in [4.69, 9.17) is 33.2 Å². The van der Waals surface area contributed by atoms with Crippen molar-refractivity contribution < 1.29 is 41.6 Å². The lowest BCUT2D eigenvalue weighted by atomic mass is 9.84. The average molecular weight is 637 g/mol. The molecule has 240 valence electrons. The zero-order chi connectivity index (χ0) is 32.3. The number of sulfone groups is 1. The highest BCUT2D eigenvalue weighted by molar-refractivity contribution is 7.92. The summed E-state index contributed by atoms with van der Waals surface area (Å²) in [6, 6.07) is 13.0. The molecule has 0 saturated carbocycles. The average Bonchev–Trinajstić information content (AvgIpc) is 3.22. The topological polar surface area (TPSA) is 98.8 Å². The minimum absolute atomic E-state index is 0.0842. The molecule has 0 bridgehead atoms. The maximum Gasteiger partial charge on any atom is 0.165 e. The van der Waals surface area contributed by atoms with E-state index in [2.05, 4.69) is 0 Å².